The van der Waals surface area contributed by atoms with Crippen LogP contribution in [-0.2, 0) is 28.5 Å². The largest absolute Gasteiger partial charge is 0.461 e. The highest BCUT2D eigenvalue weighted by Crippen LogP contribution is 2.65. The van der Waals surface area contributed by atoms with E-state index in [0.29, 0.717) is 24.0 Å². The van der Waals surface area contributed by atoms with Gasteiger partial charge in [0.2, 0.25) is 0 Å². The molecule has 3 atom stereocenters. The molecule has 0 spiro atoms. The Morgan fingerprint density at radius 1 is 1.00 bits per heavy atom. The van der Waals surface area contributed by atoms with Crippen LogP contribution in [0.25, 0.3) is 0 Å². The molecule has 4 aliphatic carbocycles. The maximum absolute atomic E-state index is 12.5. The minimum absolute atomic E-state index is 0.0225. The number of hydrogen-bond donors (Lipinski definition) is 0. The zero-order valence-electron chi connectivity index (χ0n) is 17.8. The van der Waals surface area contributed by atoms with E-state index in [1.54, 1.807) is 13.8 Å². The van der Waals surface area contributed by atoms with Crippen molar-refractivity contribution in [3.63, 3.8) is 0 Å². The zero-order valence-corrected chi connectivity index (χ0v) is 17.8. The first kappa shape index (κ1) is 23.1. The van der Waals surface area contributed by atoms with Crippen LogP contribution in [0.2, 0.25) is 0 Å². The molecule has 0 saturated heterocycles. The smallest absolute Gasteiger partial charge is 0.373 e. The number of carbonyl (C=O) groups excluding carboxylic acids is 2. The van der Waals surface area contributed by atoms with E-state index in [1.165, 1.54) is 0 Å². The van der Waals surface area contributed by atoms with Gasteiger partial charge in [0.05, 0.1) is 19.8 Å². The van der Waals surface area contributed by atoms with Crippen LogP contribution in [-0.4, -0.2) is 51.1 Å². The lowest BCUT2D eigenvalue weighted by atomic mass is 9.44. The molecule has 4 saturated carbocycles. The van der Waals surface area contributed by atoms with Crippen molar-refractivity contribution in [1.29, 1.82) is 0 Å². The average molecular weight is 430 g/mol. The van der Waals surface area contributed by atoms with Gasteiger partial charge in [-0.25, -0.2) is 9.59 Å². The molecule has 0 radical (unpaired) electrons. The number of esters is 2. The van der Waals surface area contributed by atoms with Gasteiger partial charge >= 0.3 is 18.4 Å². The lowest BCUT2D eigenvalue weighted by Crippen LogP contribution is -2.55. The molecular weight excluding hydrogens is 398 g/mol. The Balaban J connectivity index is 1.48. The molecule has 0 aromatic rings. The Morgan fingerprint density at radius 2 is 1.60 bits per heavy atom. The summed E-state index contributed by atoms with van der Waals surface area (Å²) >= 11 is 0. The third kappa shape index (κ3) is 5.58. The first-order valence-corrected chi connectivity index (χ1v) is 10.6. The van der Waals surface area contributed by atoms with Crippen LogP contribution in [0, 0.1) is 22.7 Å². The van der Waals surface area contributed by atoms with Crippen LogP contribution >= 0.6 is 0 Å². The van der Waals surface area contributed by atoms with Gasteiger partial charge in [-0.1, -0.05) is 6.58 Å². The third-order valence-electron chi connectivity index (χ3n) is 6.64. The third-order valence-corrected chi connectivity index (χ3v) is 6.64. The number of alkyl halides is 2. The van der Waals surface area contributed by atoms with Crippen LogP contribution in [0.1, 0.15) is 52.4 Å². The Hall–Kier alpha value is -1.54. The topological polar surface area (TPSA) is 71.1 Å². The second kappa shape index (κ2) is 9.30. The lowest BCUT2D eigenvalue weighted by molar-refractivity contribution is -0.205. The Morgan fingerprint density at radius 3 is 2.17 bits per heavy atom. The first-order chi connectivity index (χ1) is 14.1. The molecule has 0 heterocycles. The summed E-state index contributed by atoms with van der Waals surface area (Å²) in [6.45, 7) is 7.87. The summed E-state index contributed by atoms with van der Waals surface area (Å²) in [5.41, 5.74) is 0.110. The zero-order chi connectivity index (χ0) is 21.9. The van der Waals surface area contributed by atoms with Crippen molar-refractivity contribution >= 4 is 11.9 Å². The van der Waals surface area contributed by atoms with Crippen LogP contribution in [0.3, 0.4) is 0 Å². The number of carbonyl (C=O) groups is 2. The Kier molecular flexibility index (Phi) is 7.17. The van der Waals surface area contributed by atoms with E-state index in [4.69, 9.17) is 18.9 Å². The molecule has 0 aromatic carbocycles. The van der Waals surface area contributed by atoms with Gasteiger partial charge in [-0.05, 0) is 69.6 Å². The van der Waals surface area contributed by atoms with E-state index in [9.17, 15) is 18.4 Å². The molecule has 3 unspecified atom stereocenters. The van der Waals surface area contributed by atoms with Crippen LogP contribution < -0.4 is 0 Å². The summed E-state index contributed by atoms with van der Waals surface area (Å²) in [6.07, 6.45) is 2.43. The van der Waals surface area contributed by atoms with Gasteiger partial charge in [0.25, 0.3) is 0 Å². The summed E-state index contributed by atoms with van der Waals surface area (Å²) < 4.78 is 46.6. The quantitative estimate of drug-likeness (QED) is 0.214. The van der Waals surface area contributed by atoms with E-state index in [2.05, 4.69) is 6.58 Å². The van der Waals surface area contributed by atoms with E-state index < -0.39 is 24.7 Å². The molecule has 8 heteroatoms. The van der Waals surface area contributed by atoms with E-state index in [1.807, 2.05) is 0 Å². The number of hydrogen-bond acceptors (Lipinski definition) is 6. The average Bonchev–Trinajstić information content (AvgIpc) is 2.66. The summed E-state index contributed by atoms with van der Waals surface area (Å²) in [5.74, 6) is -0.820. The summed E-state index contributed by atoms with van der Waals surface area (Å²) in [7, 11) is 0. The molecular formula is C22H32F2O6. The molecule has 6 nitrogen and oxygen atoms in total. The normalized spacial score (nSPS) is 32.8. The standard InChI is InChI=1S/C22H32F2O6/c1-14(2)19(25)28-5-4-27-15(3)29-12-21-7-16-6-17(8-21)10-22(9-16,11-21)13-30-20(26)18(23)24/h15-18H,1,4-13H2,2-3H3. The lowest BCUT2D eigenvalue weighted by Gasteiger charge is -2.61. The fourth-order valence-electron chi connectivity index (χ4n) is 6.09. The minimum Gasteiger partial charge on any atom is -0.461 e. The molecule has 0 N–H and O–H groups in total. The molecule has 4 rings (SSSR count). The van der Waals surface area contributed by atoms with Gasteiger partial charge in [0.15, 0.2) is 6.29 Å². The van der Waals surface area contributed by atoms with Crippen LogP contribution in [0.15, 0.2) is 12.2 Å². The highest BCUT2D eigenvalue weighted by atomic mass is 19.3. The van der Waals surface area contributed by atoms with Crippen molar-refractivity contribution in [2.24, 2.45) is 22.7 Å². The van der Waals surface area contributed by atoms with Gasteiger partial charge in [0, 0.05) is 11.0 Å². The predicted octanol–water partition coefficient (Wildman–Crippen LogP) is 3.88. The van der Waals surface area contributed by atoms with Crippen LogP contribution in [0.4, 0.5) is 8.78 Å². The molecule has 4 bridgehead atoms. The molecule has 0 aliphatic heterocycles. The van der Waals surface area contributed by atoms with E-state index in [0.717, 1.165) is 38.5 Å². The van der Waals surface area contributed by atoms with Crippen molar-refractivity contribution < 1.29 is 37.3 Å². The first-order valence-electron chi connectivity index (χ1n) is 10.6. The number of halogens is 2. The molecule has 170 valence electrons. The maximum Gasteiger partial charge on any atom is 0.373 e. The monoisotopic (exact) mass is 430 g/mol. The molecule has 30 heavy (non-hydrogen) atoms. The fraction of sp³-hybridized carbons (Fsp3) is 0.818. The van der Waals surface area contributed by atoms with Crippen molar-refractivity contribution in [3.8, 4) is 0 Å². The van der Waals surface area contributed by atoms with Gasteiger partial charge in [-0.15, -0.1) is 0 Å². The number of ether oxygens (including phenoxy) is 4. The summed E-state index contributed by atoms with van der Waals surface area (Å²) in [5, 5.41) is 0. The van der Waals surface area contributed by atoms with Crippen molar-refractivity contribution in [2.75, 3.05) is 26.4 Å². The maximum atomic E-state index is 12.5. The number of rotatable bonds is 11. The highest BCUT2D eigenvalue weighted by Gasteiger charge is 2.58. The fourth-order valence-corrected chi connectivity index (χ4v) is 6.09. The van der Waals surface area contributed by atoms with E-state index in [-0.39, 0.29) is 30.7 Å². The predicted molar refractivity (Wildman–Crippen MR) is 104 cm³/mol. The van der Waals surface area contributed by atoms with Crippen LogP contribution in [0.5, 0.6) is 0 Å². The molecule has 0 amide bonds. The molecule has 4 fully saturated rings. The van der Waals surface area contributed by atoms with Gasteiger partial charge in [-0.3, -0.25) is 0 Å². The van der Waals surface area contributed by atoms with Gasteiger partial charge in [0.1, 0.15) is 6.61 Å². The summed E-state index contributed by atoms with van der Waals surface area (Å²) in [6, 6.07) is 0. The second-order valence-electron chi connectivity index (χ2n) is 9.54. The van der Waals surface area contributed by atoms with Crippen molar-refractivity contribution in [3.05, 3.63) is 12.2 Å². The SMILES string of the molecule is C=C(C)C(=O)OCCOC(C)OCC12CC3CC(CC(COC(=O)C(F)F)(C3)C1)C2. The summed E-state index contributed by atoms with van der Waals surface area (Å²) in [4.78, 5) is 22.6. The minimum atomic E-state index is -3.08. The van der Waals surface area contributed by atoms with Crippen molar-refractivity contribution in [2.45, 2.75) is 65.1 Å². The molecule has 4 aliphatic rings. The molecule has 0 aromatic heterocycles. The highest BCUT2D eigenvalue weighted by molar-refractivity contribution is 5.86. The Bertz CT molecular complexity index is 650. The van der Waals surface area contributed by atoms with Crippen molar-refractivity contribution in [1.82, 2.24) is 0 Å². The van der Waals surface area contributed by atoms with E-state index >= 15 is 0 Å². The second-order valence-corrected chi connectivity index (χ2v) is 9.54. The Labute approximate surface area is 176 Å². The van der Waals surface area contributed by atoms with Gasteiger partial charge in [-0.2, -0.15) is 8.78 Å². The van der Waals surface area contributed by atoms with Gasteiger partial charge < -0.3 is 18.9 Å².